The number of aryl methyl sites for hydroxylation is 1. The van der Waals surface area contributed by atoms with Crippen LogP contribution in [0.3, 0.4) is 0 Å². The molecule has 1 saturated heterocycles. The summed E-state index contributed by atoms with van der Waals surface area (Å²) in [6.45, 7) is 2.28. The van der Waals surface area contributed by atoms with Crippen LogP contribution in [-0.4, -0.2) is 39.6 Å². The maximum Gasteiger partial charge on any atom is 0.292 e. The number of primary amides is 1. The highest BCUT2D eigenvalue weighted by Gasteiger charge is 2.31. The molecule has 2 aromatic carbocycles. The monoisotopic (exact) mass is 432 g/mol. The van der Waals surface area contributed by atoms with Crippen LogP contribution in [0.5, 0.6) is 5.75 Å². The molecule has 9 nitrogen and oxygen atoms in total. The van der Waals surface area contributed by atoms with Gasteiger partial charge in [-0.05, 0) is 49.9 Å². The lowest BCUT2D eigenvalue weighted by Gasteiger charge is -2.25. The van der Waals surface area contributed by atoms with Crippen molar-refractivity contribution < 1.29 is 13.9 Å². The zero-order valence-corrected chi connectivity index (χ0v) is 17.6. The van der Waals surface area contributed by atoms with E-state index < -0.39 is 0 Å². The van der Waals surface area contributed by atoms with E-state index in [4.69, 9.17) is 25.6 Å². The van der Waals surface area contributed by atoms with E-state index in [1.165, 1.54) is 0 Å². The highest BCUT2D eigenvalue weighted by Crippen LogP contribution is 2.38. The van der Waals surface area contributed by atoms with E-state index >= 15 is 0 Å². The summed E-state index contributed by atoms with van der Waals surface area (Å²) >= 11 is 0. The number of benzene rings is 2. The molecule has 0 unspecified atom stereocenters. The molecule has 1 fully saturated rings. The second-order valence-electron chi connectivity index (χ2n) is 8.44. The summed E-state index contributed by atoms with van der Waals surface area (Å²) in [5, 5.41) is 0. The molecule has 0 aliphatic carbocycles. The summed E-state index contributed by atoms with van der Waals surface area (Å²) in [7, 11) is 0. The van der Waals surface area contributed by atoms with Gasteiger partial charge in [0.15, 0.2) is 5.58 Å². The van der Waals surface area contributed by atoms with Crippen LogP contribution in [0.4, 0.5) is 11.7 Å². The van der Waals surface area contributed by atoms with Gasteiger partial charge >= 0.3 is 0 Å². The molecule has 0 radical (unpaired) electrons. The fourth-order valence-corrected chi connectivity index (χ4v) is 4.94. The normalized spacial score (nSPS) is 18.6. The molecule has 0 bridgehead atoms. The highest BCUT2D eigenvalue weighted by atomic mass is 16.5. The predicted molar refractivity (Wildman–Crippen MR) is 121 cm³/mol. The van der Waals surface area contributed by atoms with Crippen molar-refractivity contribution in [1.29, 1.82) is 0 Å². The van der Waals surface area contributed by atoms with E-state index in [1.54, 1.807) is 0 Å². The molecule has 1 amide bonds. The molecule has 2 aliphatic heterocycles. The Labute approximate surface area is 183 Å². The minimum absolute atomic E-state index is 0.148. The van der Waals surface area contributed by atoms with Gasteiger partial charge in [-0.1, -0.05) is 0 Å². The van der Waals surface area contributed by atoms with Gasteiger partial charge < -0.3 is 30.1 Å². The van der Waals surface area contributed by atoms with Crippen LogP contribution in [0.15, 0.2) is 34.7 Å². The predicted octanol–water partition coefficient (Wildman–Crippen LogP) is 3.05. The number of hydrogen-bond acceptors (Lipinski definition) is 7. The molecule has 0 saturated carbocycles. The topological polar surface area (TPSA) is 125 Å². The van der Waals surface area contributed by atoms with Gasteiger partial charge in [-0.2, -0.15) is 4.98 Å². The van der Waals surface area contributed by atoms with Crippen molar-refractivity contribution in [2.24, 2.45) is 5.73 Å². The molecule has 2 aromatic heterocycles. The number of imidazole rings is 1. The molecule has 1 atom stereocenters. The molecule has 164 valence electrons. The summed E-state index contributed by atoms with van der Waals surface area (Å²) in [6, 6.07) is 9.71. The number of carbonyl (C=O) groups is 1. The molecule has 9 heteroatoms. The third-order valence-electron chi connectivity index (χ3n) is 6.40. The lowest BCUT2D eigenvalue weighted by atomic mass is 10.1. The molecular formula is C23H24N6O3. The van der Waals surface area contributed by atoms with Crippen LogP contribution in [0, 0.1) is 0 Å². The molecule has 4 N–H and O–H groups in total. The average Bonchev–Trinajstić information content (AvgIpc) is 3.46. The summed E-state index contributed by atoms with van der Waals surface area (Å²) in [4.78, 5) is 23.3. The van der Waals surface area contributed by atoms with Crippen molar-refractivity contribution in [3.63, 3.8) is 0 Å². The Bertz CT molecular complexity index is 1360. The van der Waals surface area contributed by atoms with Gasteiger partial charge in [0.25, 0.3) is 6.01 Å². The lowest BCUT2D eigenvalue weighted by molar-refractivity contribution is -0.119. The second kappa shape index (κ2) is 7.15. The largest absolute Gasteiger partial charge is 0.491 e. The first kappa shape index (κ1) is 19.0. The fraction of sp³-hybridized carbons (Fsp3) is 0.348. The van der Waals surface area contributed by atoms with Gasteiger partial charge in [-0.3, -0.25) is 4.79 Å². The quantitative estimate of drug-likeness (QED) is 0.509. The number of amides is 1. The zero-order chi connectivity index (χ0) is 21.8. The third kappa shape index (κ3) is 2.96. The van der Waals surface area contributed by atoms with E-state index in [0.717, 1.165) is 72.6 Å². The molecule has 4 heterocycles. The Hall–Kier alpha value is -3.75. The van der Waals surface area contributed by atoms with Gasteiger partial charge in [0.2, 0.25) is 5.91 Å². The number of carbonyl (C=O) groups excluding carboxylic acids is 1. The Kier molecular flexibility index (Phi) is 4.24. The smallest absolute Gasteiger partial charge is 0.292 e. The van der Waals surface area contributed by atoms with E-state index in [9.17, 15) is 4.79 Å². The minimum atomic E-state index is -0.296. The van der Waals surface area contributed by atoms with Crippen molar-refractivity contribution in [1.82, 2.24) is 14.5 Å². The molecule has 4 aromatic rings. The number of rotatable bonds is 3. The Morgan fingerprint density at radius 3 is 2.84 bits per heavy atom. The van der Waals surface area contributed by atoms with E-state index in [2.05, 4.69) is 14.5 Å². The standard InChI is InChI=1S/C23H24N6O3/c24-21(30)17-4-3-8-28(17)14-11-16-20-19(12-14)31-9-2-1-7-29(20)22(26-16)13-5-6-18-15(10-13)27-23(25)32-18/h5-6,10-12,17H,1-4,7-9H2,(H2,24,30)(H2,25,27)/t17-/m0/s1. The summed E-state index contributed by atoms with van der Waals surface area (Å²) in [6.07, 6.45) is 3.65. The van der Waals surface area contributed by atoms with Crippen LogP contribution in [-0.2, 0) is 11.3 Å². The summed E-state index contributed by atoms with van der Waals surface area (Å²) in [5.74, 6) is 1.34. The van der Waals surface area contributed by atoms with Crippen molar-refractivity contribution in [3.05, 3.63) is 30.3 Å². The number of anilines is 2. The van der Waals surface area contributed by atoms with E-state index in [0.29, 0.717) is 17.7 Å². The van der Waals surface area contributed by atoms with Crippen molar-refractivity contribution in [2.45, 2.75) is 38.3 Å². The second-order valence-corrected chi connectivity index (χ2v) is 8.44. The number of oxazole rings is 1. The van der Waals surface area contributed by atoms with Crippen LogP contribution in [0.2, 0.25) is 0 Å². The van der Waals surface area contributed by atoms with Crippen molar-refractivity contribution in [2.75, 3.05) is 23.8 Å². The highest BCUT2D eigenvalue weighted by molar-refractivity contribution is 5.92. The SMILES string of the molecule is NC(=O)[C@@H]1CCCN1c1cc2c3c(c1)nc(-c1ccc4oc(N)nc4c1)n3CCCCO2. The number of nitrogens with zero attached hydrogens (tertiary/aromatic N) is 4. The number of nitrogen functional groups attached to an aromatic ring is 1. The maximum absolute atomic E-state index is 12.0. The fourth-order valence-electron chi connectivity index (χ4n) is 4.94. The first-order valence-corrected chi connectivity index (χ1v) is 11.0. The van der Waals surface area contributed by atoms with Gasteiger partial charge in [0, 0.05) is 30.4 Å². The maximum atomic E-state index is 12.0. The lowest BCUT2D eigenvalue weighted by Crippen LogP contribution is -2.40. The zero-order valence-electron chi connectivity index (χ0n) is 17.6. The molecule has 32 heavy (non-hydrogen) atoms. The first-order valence-electron chi connectivity index (χ1n) is 11.0. The number of nitrogens with two attached hydrogens (primary N) is 2. The van der Waals surface area contributed by atoms with E-state index in [-0.39, 0.29) is 18.0 Å². The summed E-state index contributed by atoms with van der Waals surface area (Å²) in [5.41, 5.74) is 16.4. The van der Waals surface area contributed by atoms with Gasteiger partial charge in [-0.25, -0.2) is 4.98 Å². The van der Waals surface area contributed by atoms with E-state index in [1.807, 2.05) is 30.3 Å². The summed E-state index contributed by atoms with van der Waals surface area (Å²) < 4.78 is 13.8. The Morgan fingerprint density at radius 2 is 1.97 bits per heavy atom. The Morgan fingerprint density at radius 1 is 1.06 bits per heavy atom. The molecule has 6 rings (SSSR count). The Balaban J connectivity index is 1.54. The van der Waals surface area contributed by atoms with Crippen LogP contribution < -0.4 is 21.1 Å². The number of ether oxygens (including phenoxy) is 1. The molecular weight excluding hydrogens is 408 g/mol. The van der Waals surface area contributed by atoms with Crippen molar-refractivity contribution in [3.8, 4) is 17.1 Å². The first-order chi connectivity index (χ1) is 15.6. The molecule has 2 aliphatic rings. The van der Waals surface area contributed by atoms with Crippen LogP contribution in [0.25, 0.3) is 33.5 Å². The average molecular weight is 432 g/mol. The van der Waals surface area contributed by atoms with Crippen molar-refractivity contribution >= 4 is 39.7 Å². The number of fused-ring (bicyclic) bond motifs is 1. The minimum Gasteiger partial charge on any atom is -0.491 e. The van der Waals surface area contributed by atoms with Gasteiger partial charge in [0.1, 0.15) is 28.6 Å². The molecule has 0 spiro atoms. The number of hydrogen-bond donors (Lipinski definition) is 2. The van der Waals surface area contributed by atoms with Crippen LogP contribution >= 0.6 is 0 Å². The van der Waals surface area contributed by atoms with Crippen LogP contribution in [0.1, 0.15) is 25.7 Å². The third-order valence-corrected chi connectivity index (χ3v) is 6.40. The number of aromatic nitrogens is 3. The van der Waals surface area contributed by atoms with Gasteiger partial charge in [-0.15, -0.1) is 0 Å². The van der Waals surface area contributed by atoms with Gasteiger partial charge in [0.05, 0.1) is 12.1 Å².